The molecule has 0 bridgehead atoms. The molecule has 27 heavy (non-hydrogen) atoms. The summed E-state index contributed by atoms with van der Waals surface area (Å²) in [6.07, 6.45) is 3.92. The zero-order chi connectivity index (χ0) is 18.6. The standard InChI is InChI=1S/C21H25N3O2S/c25-20-9-4-12-24(20)17-7-3-6-16(14-17)21(26)22-15-18(19-8-5-13-27-19)23-10-1-2-11-23/h3,5-8,13-14,18H,1-2,4,9-12,15H2,(H,22,26). The van der Waals surface area contributed by atoms with E-state index in [2.05, 4.69) is 27.7 Å². The zero-order valence-corrected chi connectivity index (χ0v) is 16.2. The quantitative estimate of drug-likeness (QED) is 0.831. The summed E-state index contributed by atoms with van der Waals surface area (Å²) in [5, 5.41) is 5.21. The van der Waals surface area contributed by atoms with E-state index in [1.165, 1.54) is 17.7 Å². The number of hydrogen-bond acceptors (Lipinski definition) is 4. The molecular weight excluding hydrogens is 358 g/mol. The summed E-state index contributed by atoms with van der Waals surface area (Å²) < 4.78 is 0. The summed E-state index contributed by atoms with van der Waals surface area (Å²) >= 11 is 1.75. The van der Waals surface area contributed by atoms with E-state index in [1.807, 2.05) is 24.3 Å². The lowest BCUT2D eigenvalue weighted by Gasteiger charge is -2.27. The van der Waals surface area contributed by atoms with E-state index in [0.29, 0.717) is 18.5 Å². The highest BCUT2D eigenvalue weighted by Crippen LogP contribution is 2.28. The van der Waals surface area contributed by atoms with Crippen molar-refractivity contribution >= 4 is 28.8 Å². The third-order valence-electron chi connectivity index (χ3n) is 5.40. The van der Waals surface area contributed by atoms with Gasteiger partial charge in [0.15, 0.2) is 0 Å². The van der Waals surface area contributed by atoms with Crippen LogP contribution in [-0.2, 0) is 4.79 Å². The second-order valence-corrected chi connectivity index (χ2v) is 8.16. The van der Waals surface area contributed by atoms with Crippen molar-refractivity contribution in [2.45, 2.75) is 31.7 Å². The Morgan fingerprint density at radius 1 is 1.11 bits per heavy atom. The molecule has 2 aliphatic heterocycles. The number of carbonyl (C=O) groups excluding carboxylic acids is 2. The van der Waals surface area contributed by atoms with E-state index < -0.39 is 0 Å². The molecule has 2 fully saturated rings. The minimum atomic E-state index is -0.0794. The molecule has 5 nitrogen and oxygen atoms in total. The van der Waals surface area contributed by atoms with Gasteiger partial charge in [0.05, 0.1) is 6.04 Å². The summed E-state index contributed by atoms with van der Waals surface area (Å²) in [7, 11) is 0. The first-order valence-corrected chi connectivity index (χ1v) is 10.6. The van der Waals surface area contributed by atoms with Crippen molar-refractivity contribution in [2.24, 2.45) is 0 Å². The molecule has 0 saturated carbocycles. The maximum atomic E-state index is 12.8. The summed E-state index contributed by atoms with van der Waals surface area (Å²) in [5.41, 5.74) is 1.43. The Morgan fingerprint density at radius 3 is 2.67 bits per heavy atom. The van der Waals surface area contributed by atoms with Gasteiger partial charge in [-0.1, -0.05) is 12.1 Å². The molecule has 6 heteroatoms. The molecule has 4 rings (SSSR count). The predicted octanol–water partition coefficient (Wildman–Crippen LogP) is 3.44. The third-order valence-corrected chi connectivity index (χ3v) is 6.38. The van der Waals surface area contributed by atoms with Crippen LogP contribution in [0.5, 0.6) is 0 Å². The summed E-state index contributed by atoms with van der Waals surface area (Å²) in [4.78, 5) is 30.3. The highest BCUT2D eigenvalue weighted by molar-refractivity contribution is 7.10. The third kappa shape index (κ3) is 4.06. The van der Waals surface area contributed by atoms with Crippen molar-refractivity contribution in [2.75, 3.05) is 31.1 Å². The zero-order valence-electron chi connectivity index (χ0n) is 15.4. The molecule has 0 spiro atoms. The Kier molecular flexibility index (Phi) is 5.55. The average Bonchev–Trinajstić information content (AvgIpc) is 3.45. The highest BCUT2D eigenvalue weighted by atomic mass is 32.1. The molecule has 142 valence electrons. The van der Waals surface area contributed by atoms with Crippen molar-refractivity contribution in [3.8, 4) is 0 Å². The maximum Gasteiger partial charge on any atom is 0.251 e. The molecule has 1 N–H and O–H groups in total. The van der Waals surface area contributed by atoms with Gasteiger partial charge < -0.3 is 10.2 Å². The molecule has 1 unspecified atom stereocenters. The molecule has 0 aliphatic carbocycles. The molecule has 3 heterocycles. The first-order valence-electron chi connectivity index (χ1n) is 9.68. The summed E-state index contributed by atoms with van der Waals surface area (Å²) in [6, 6.07) is 11.9. The second-order valence-electron chi connectivity index (χ2n) is 7.18. The van der Waals surface area contributed by atoms with E-state index in [1.54, 1.807) is 16.2 Å². The molecule has 0 radical (unpaired) electrons. The van der Waals surface area contributed by atoms with Crippen LogP contribution in [0.3, 0.4) is 0 Å². The predicted molar refractivity (Wildman–Crippen MR) is 108 cm³/mol. The first kappa shape index (κ1) is 18.2. The van der Waals surface area contributed by atoms with E-state index in [4.69, 9.17) is 0 Å². The fraction of sp³-hybridized carbons (Fsp3) is 0.429. The number of likely N-dealkylation sites (tertiary alicyclic amines) is 1. The number of rotatable bonds is 6. The topological polar surface area (TPSA) is 52.7 Å². The Balaban J connectivity index is 1.44. The summed E-state index contributed by atoms with van der Waals surface area (Å²) in [6.45, 7) is 3.52. The lowest BCUT2D eigenvalue weighted by molar-refractivity contribution is -0.117. The number of anilines is 1. The molecule has 1 aromatic carbocycles. The van der Waals surface area contributed by atoms with Crippen LogP contribution in [0, 0.1) is 0 Å². The van der Waals surface area contributed by atoms with E-state index >= 15 is 0 Å². The molecule has 2 aromatic rings. The van der Waals surface area contributed by atoms with Crippen molar-refractivity contribution in [3.63, 3.8) is 0 Å². The van der Waals surface area contributed by atoms with Crippen molar-refractivity contribution in [1.82, 2.24) is 10.2 Å². The van der Waals surface area contributed by atoms with Gasteiger partial charge in [-0.2, -0.15) is 0 Å². The van der Waals surface area contributed by atoms with Crippen LogP contribution in [-0.4, -0.2) is 42.9 Å². The second kappa shape index (κ2) is 8.23. The van der Waals surface area contributed by atoms with Gasteiger partial charge in [-0.05, 0) is 62.0 Å². The Labute approximate surface area is 164 Å². The molecule has 1 aromatic heterocycles. The van der Waals surface area contributed by atoms with Gasteiger partial charge >= 0.3 is 0 Å². The lowest BCUT2D eigenvalue weighted by Crippen LogP contribution is -2.36. The number of thiophene rings is 1. The molecule has 2 amide bonds. The van der Waals surface area contributed by atoms with Crippen LogP contribution >= 0.6 is 11.3 Å². The van der Waals surface area contributed by atoms with Gasteiger partial charge in [-0.15, -0.1) is 11.3 Å². The van der Waals surface area contributed by atoms with E-state index in [0.717, 1.165) is 31.7 Å². The van der Waals surface area contributed by atoms with Crippen LogP contribution in [0.2, 0.25) is 0 Å². The normalized spacial score (nSPS) is 18.8. The van der Waals surface area contributed by atoms with Crippen molar-refractivity contribution in [1.29, 1.82) is 0 Å². The molecule has 1 atom stereocenters. The van der Waals surface area contributed by atoms with Crippen LogP contribution < -0.4 is 10.2 Å². The minimum Gasteiger partial charge on any atom is -0.350 e. The fourth-order valence-electron chi connectivity index (χ4n) is 3.97. The van der Waals surface area contributed by atoms with E-state index in [9.17, 15) is 9.59 Å². The number of nitrogens with zero attached hydrogens (tertiary/aromatic N) is 2. The monoisotopic (exact) mass is 383 g/mol. The minimum absolute atomic E-state index is 0.0794. The van der Waals surface area contributed by atoms with Crippen LogP contribution in [0.25, 0.3) is 0 Å². The number of hydrogen-bond donors (Lipinski definition) is 1. The fourth-order valence-corrected chi connectivity index (χ4v) is 4.83. The van der Waals surface area contributed by atoms with Gasteiger partial charge in [0.2, 0.25) is 5.91 Å². The highest BCUT2D eigenvalue weighted by Gasteiger charge is 2.25. The molecule has 2 aliphatic rings. The Bertz CT molecular complexity index is 800. The van der Waals surface area contributed by atoms with Gasteiger partial charge in [0.1, 0.15) is 0 Å². The van der Waals surface area contributed by atoms with Gasteiger partial charge in [-0.3, -0.25) is 14.5 Å². The van der Waals surface area contributed by atoms with Crippen molar-refractivity contribution in [3.05, 3.63) is 52.2 Å². The maximum absolute atomic E-state index is 12.8. The van der Waals surface area contributed by atoms with Crippen LogP contribution in [0.1, 0.15) is 47.0 Å². The largest absolute Gasteiger partial charge is 0.350 e. The van der Waals surface area contributed by atoms with Crippen LogP contribution in [0.15, 0.2) is 41.8 Å². The van der Waals surface area contributed by atoms with Gasteiger partial charge in [-0.25, -0.2) is 0 Å². The van der Waals surface area contributed by atoms with Crippen LogP contribution in [0.4, 0.5) is 5.69 Å². The van der Waals surface area contributed by atoms with Gasteiger partial charge in [0.25, 0.3) is 5.91 Å². The Hall–Kier alpha value is -2.18. The summed E-state index contributed by atoms with van der Waals surface area (Å²) in [5.74, 6) is 0.0589. The smallest absolute Gasteiger partial charge is 0.251 e. The number of carbonyl (C=O) groups is 2. The number of benzene rings is 1. The lowest BCUT2D eigenvalue weighted by atomic mass is 10.1. The Morgan fingerprint density at radius 2 is 1.96 bits per heavy atom. The number of amides is 2. The van der Waals surface area contributed by atoms with Crippen molar-refractivity contribution < 1.29 is 9.59 Å². The molecular formula is C21H25N3O2S. The average molecular weight is 384 g/mol. The first-order chi connectivity index (χ1) is 13.2. The molecule has 2 saturated heterocycles. The van der Waals surface area contributed by atoms with Gasteiger partial charge in [0, 0.05) is 35.6 Å². The SMILES string of the molecule is O=C(NCC(c1cccs1)N1CCCC1)c1cccc(N2CCCC2=O)c1. The number of nitrogens with one attached hydrogen (secondary N) is 1. The van der Waals surface area contributed by atoms with E-state index in [-0.39, 0.29) is 17.9 Å².